The van der Waals surface area contributed by atoms with Gasteiger partial charge in [0.05, 0.1) is 30.0 Å². The first-order valence-electron chi connectivity index (χ1n) is 9.12. The molecule has 140 valence electrons. The fourth-order valence-electron chi connectivity index (χ4n) is 3.44. The maximum absolute atomic E-state index is 14.9. The fourth-order valence-corrected chi connectivity index (χ4v) is 3.44. The molecule has 0 atom stereocenters. The van der Waals surface area contributed by atoms with Crippen LogP contribution in [0.25, 0.3) is 33.1 Å². The Bertz CT molecular complexity index is 1430. The second-order valence-electron chi connectivity index (χ2n) is 6.77. The van der Waals surface area contributed by atoms with Crippen LogP contribution in [0.5, 0.6) is 0 Å². The van der Waals surface area contributed by atoms with E-state index in [1.807, 2.05) is 36.4 Å². The van der Waals surface area contributed by atoms with Gasteiger partial charge in [0.2, 0.25) is 0 Å². The van der Waals surface area contributed by atoms with Gasteiger partial charge < -0.3 is 4.57 Å². The van der Waals surface area contributed by atoms with Crippen molar-refractivity contribution in [2.24, 2.45) is 0 Å². The Morgan fingerprint density at radius 1 is 0.862 bits per heavy atom. The lowest BCUT2D eigenvalue weighted by molar-refractivity contribution is 0.599. The van der Waals surface area contributed by atoms with Crippen LogP contribution >= 0.6 is 0 Å². The minimum absolute atomic E-state index is 0.115. The Kier molecular flexibility index (Phi) is 4.09. The monoisotopic (exact) mass is 382 g/mol. The summed E-state index contributed by atoms with van der Waals surface area (Å²) < 4.78 is 16.4. The van der Waals surface area contributed by atoms with Gasteiger partial charge in [-0.25, -0.2) is 9.37 Å². The molecule has 3 heterocycles. The maximum atomic E-state index is 14.9. The van der Waals surface area contributed by atoms with Crippen molar-refractivity contribution in [3.05, 3.63) is 101 Å². The SMILES string of the molecule is O=c1cnc2cnccc2n1Cc1ccc(-c2cnc3ccccc3c2)cc1F. The molecule has 0 aliphatic heterocycles. The number of benzene rings is 2. The van der Waals surface area contributed by atoms with Crippen molar-refractivity contribution in [1.29, 1.82) is 0 Å². The highest BCUT2D eigenvalue weighted by Crippen LogP contribution is 2.25. The normalized spacial score (nSPS) is 11.2. The third kappa shape index (κ3) is 3.14. The summed E-state index contributed by atoms with van der Waals surface area (Å²) in [6.07, 6.45) is 6.14. The van der Waals surface area contributed by atoms with E-state index >= 15 is 0 Å². The first-order valence-corrected chi connectivity index (χ1v) is 9.12. The number of para-hydroxylation sites is 1. The molecule has 2 aromatic carbocycles. The number of pyridine rings is 2. The molecule has 0 bridgehead atoms. The van der Waals surface area contributed by atoms with Crippen LogP contribution in [-0.4, -0.2) is 19.5 Å². The summed E-state index contributed by atoms with van der Waals surface area (Å²) in [5.41, 5.74) is 3.82. The second kappa shape index (κ2) is 6.91. The number of aromatic nitrogens is 4. The third-order valence-corrected chi connectivity index (χ3v) is 4.95. The molecule has 0 unspecified atom stereocenters. The number of nitrogens with zero attached hydrogens (tertiary/aromatic N) is 4. The highest BCUT2D eigenvalue weighted by molar-refractivity contribution is 5.83. The lowest BCUT2D eigenvalue weighted by Gasteiger charge is -2.11. The minimum Gasteiger partial charge on any atom is -0.301 e. The molecule has 3 aromatic heterocycles. The number of fused-ring (bicyclic) bond motifs is 2. The van der Waals surface area contributed by atoms with E-state index in [1.54, 1.807) is 30.7 Å². The van der Waals surface area contributed by atoms with Gasteiger partial charge in [0.15, 0.2) is 0 Å². The van der Waals surface area contributed by atoms with E-state index < -0.39 is 0 Å². The molecule has 0 aliphatic rings. The van der Waals surface area contributed by atoms with Crippen molar-refractivity contribution in [3.8, 4) is 11.1 Å². The van der Waals surface area contributed by atoms with E-state index in [-0.39, 0.29) is 17.9 Å². The summed E-state index contributed by atoms with van der Waals surface area (Å²) in [7, 11) is 0. The van der Waals surface area contributed by atoms with Crippen molar-refractivity contribution in [3.63, 3.8) is 0 Å². The lowest BCUT2D eigenvalue weighted by Crippen LogP contribution is -2.21. The number of halogens is 1. The van der Waals surface area contributed by atoms with Gasteiger partial charge in [0, 0.05) is 28.9 Å². The van der Waals surface area contributed by atoms with E-state index in [1.165, 1.54) is 16.8 Å². The van der Waals surface area contributed by atoms with Crippen molar-refractivity contribution < 1.29 is 4.39 Å². The predicted octanol–water partition coefficient (Wildman–Crippen LogP) is 4.19. The van der Waals surface area contributed by atoms with E-state index in [2.05, 4.69) is 15.0 Å². The number of rotatable bonds is 3. The molecule has 0 fully saturated rings. The minimum atomic E-state index is -0.374. The lowest BCUT2D eigenvalue weighted by atomic mass is 10.0. The largest absolute Gasteiger partial charge is 0.301 e. The number of hydrogen-bond acceptors (Lipinski definition) is 4. The Morgan fingerprint density at radius 3 is 2.62 bits per heavy atom. The first kappa shape index (κ1) is 17.2. The van der Waals surface area contributed by atoms with Crippen LogP contribution in [0.15, 0.2) is 84.2 Å². The molecule has 0 amide bonds. The van der Waals surface area contributed by atoms with Crippen LogP contribution in [0.3, 0.4) is 0 Å². The van der Waals surface area contributed by atoms with Crippen LogP contribution in [0.4, 0.5) is 4.39 Å². The topological polar surface area (TPSA) is 60.7 Å². The zero-order valence-corrected chi connectivity index (χ0v) is 15.3. The maximum Gasteiger partial charge on any atom is 0.269 e. The van der Waals surface area contributed by atoms with Crippen molar-refractivity contribution in [2.45, 2.75) is 6.54 Å². The van der Waals surface area contributed by atoms with Crippen LogP contribution in [0.2, 0.25) is 0 Å². The van der Waals surface area contributed by atoms with Gasteiger partial charge in [0.1, 0.15) is 11.3 Å². The summed E-state index contributed by atoms with van der Waals surface area (Å²) in [6.45, 7) is 0.115. The van der Waals surface area contributed by atoms with Gasteiger partial charge in [-0.05, 0) is 29.8 Å². The van der Waals surface area contributed by atoms with Gasteiger partial charge in [-0.2, -0.15) is 0 Å². The molecule has 5 aromatic rings. The van der Waals surface area contributed by atoms with Crippen molar-refractivity contribution in [1.82, 2.24) is 19.5 Å². The van der Waals surface area contributed by atoms with E-state index in [4.69, 9.17) is 0 Å². The fraction of sp³-hybridized carbons (Fsp3) is 0.0435. The Balaban J connectivity index is 1.53. The highest BCUT2D eigenvalue weighted by Gasteiger charge is 2.10. The van der Waals surface area contributed by atoms with E-state index in [0.29, 0.717) is 16.6 Å². The summed E-state index contributed by atoms with van der Waals surface area (Å²) in [4.78, 5) is 24.9. The molecule has 0 saturated heterocycles. The summed E-state index contributed by atoms with van der Waals surface area (Å²) in [5.74, 6) is -0.374. The van der Waals surface area contributed by atoms with Gasteiger partial charge in [0.25, 0.3) is 5.56 Å². The standard InChI is InChI=1S/C23H15FN4O/c24-19-10-15(18-9-16-3-1-2-4-20(16)26-11-18)5-6-17(19)14-28-22-7-8-25-12-21(22)27-13-23(28)29/h1-13H,14H2. The molecular formula is C23H15FN4O. The van der Waals surface area contributed by atoms with Crippen LogP contribution in [-0.2, 0) is 6.54 Å². The van der Waals surface area contributed by atoms with Crippen molar-refractivity contribution in [2.75, 3.05) is 0 Å². The Labute approximate surface area is 165 Å². The molecule has 29 heavy (non-hydrogen) atoms. The highest BCUT2D eigenvalue weighted by atomic mass is 19.1. The van der Waals surface area contributed by atoms with E-state index in [0.717, 1.165) is 22.0 Å². The second-order valence-corrected chi connectivity index (χ2v) is 6.77. The van der Waals surface area contributed by atoms with Crippen LogP contribution < -0.4 is 5.56 Å². The predicted molar refractivity (Wildman–Crippen MR) is 110 cm³/mol. The molecular weight excluding hydrogens is 367 g/mol. The molecule has 0 saturated carbocycles. The quantitative estimate of drug-likeness (QED) is 0.469. The summed E-state index contributed by atoms with van der Waals surface area (Å²) in [5, 5.41) is 0.998. The molecule has 0 spiro atoms. The van der Waals surface area contributed by atoms with Crippen LogP contribution in [0.1, 0.15) is 5.56 Å². The number of hydrogen-bond donors (Lipinski definition) is 0. The molecule has 5 rings (SSSR count). The zero-order valence-electron chi connectivity index (χ0n) is 15.3. The Morgan fingerprint density at radius 2 is 1.72 bits per heavy atom. The third-order valence-electron chi connectivity index (χ3n) is 4.95. The summed E-state index contributed by atoms with van der Waals surface area (Å²) >= 11 is 0. The van der Waals surface area contributed by atoms with Gasteiger partial charge in [-0.3, -0.25) is 14.8 Å². The first-order chi connectivity index (χ1) is 14.2. The average molecular weight is 382 g/mol. The average Bonchev–Trinajstić information content (AvgIpc) is 2.76. The zero-order chi connectivity index (χ0) is 19.8. The molecule has 0 aliphatic carbocycles. The van der Waals surface area contributed by atoms with Crippen LogP contribution in [0, 0.1) is 5.82 Å². The molecule has 0 N–H and O–H groups in total. The summed E-state index contributed by atoms with van der Waals surface area (Å²) in [6, 6.07) is 16.5. The molecule has 6 heteroatoms. The Hall–Kier alpha value is -3.93. The molecule has 0 radical (unpaired) electrons. The molecule has 5 nitrogen and oxygen atoms in total. The van der Waals surface area contributed by atoms with Crippen molar-refractivity contribution >= 4 is 21.9 Å². The van der Waals surface area contributed by atoms with Gasteiger partial charge >= 0.3 is 0 Å². The van der Waals surface area contributed by atoms with Gasteiger partial charge in [-0.1, -0.05) is 30.3 Å². The van der Waals surface area contributed by atoms with Gasteiger partial charge in [-0.15, -0.1) is 0 Å². The smallest absolute Gasteiger partial charge is 0.269 e. The van der Waals surface area contributed by atoms with E-state index in [9.17, 15) is 9.18 Å².